The van der Waals surface area contributed by atoms with E-state index in [1.807, 2.05) is 73.6 Å². The quantitative estimate of drug-likeness (QED) is 0.114. The molecule has 0 aliphatic carbocycles. The van der Waals surface area contributed by atoms with E-state index in [1.165, 1.54) is 0 Å². The Kier molecular flexibility index (Phi) is 14.6. The van der Waals surface area contributed by atoms with Crippen molar-refractivity contribution in [2.45, 2.75) is 19.3 Å². The SMILES string of the molecule is CN(C)c1ccc(/C=C/C(=O)c2ccc(OCCCCCN(CCS)CCNCCS)cc2)cc1. The summed E-state index contributed by atoms with van der Waals surface area (Å²) in [6.45, 7) is 5.79. The van der Waals surface area contributed by atoms with E-state index in [2.05, 4.69) is 35.5 Å². The van der Waals surface area contributed by atoms with Gasteiger partial charge < -0.3 is 19.9 Å². The normalized spacial score (nSPS) is 11.3. The summed E-state index contributed by atoms with van der Waals surface area (Å²) < 4.78 is 5.87. The molecule has 0 bridgehead atoms. The maximum absolute atomic E-state index is 12.5. The molecular weight excluding hydrogens is 474 g/mol. The third kappa shape index (κ3) is 12.0. The van der Waals surface area contributed by atoms with Crippen molar-refractivity contribution in [2.24, 2.45) is 0 Å². The van der Waals surface area contributed by atoms with Crippen LogP contribution < -0.4 is 15.0 Å². The average Bonchev–Trinajstić information content (AvgIpc) is 2.87. The Morgan fingerprint density at radius 2 is 1.63 bits per heavy atom. The standard InChI is InChI=1S/C28H41N3O2S2/c1-30(2)26-11-6-24(7-12-26)8-15-28(32)25-9-13-27(14-10-25)33-21-5-3-4-18-31(20-23-35)19-16-29-17-22-34/h6-15,29,34-35H,3-5,16-23H2,1-2H3/b15-8+. The molecular formula is C28H41N3O2S2. The van der Waals surface area contributed by atoms with E-state index in [1.54, 1.807) is 6.08 Å². The Morgan fingerprint density at radius 1 is 0.886 bits per heavy atom. The minimum absolute atomic E-state index is 0.0141. The lowest BCUT2D eigenvalue weighted by atomic mass is 10.1. The molecule has 0 fully saturated rings. The van der Waals surface area contributed by atoms with Gasteiger partial charge >= 0.3 is 0 Å². The van der Waals surface area contributed by atoms with Crippen molar-refractivity contribution in [3.8, 4) is 5.75 Å². The highest BCUT2D eigenvalue weighted by Crippen LogP contribution is 2.16. The molecule has 35 heavy (non-hydrogen) atoms. The number of carbonyl (C=O) groups is 1. The van der Waals surface area contributed by atoms with Crippen molar-refractivity contribution in [2.75, 3.05) is 69.8 Å². The van der Waals surface area contributed by atoms with Gasteiger partial charge in [0.25, 0.3) is 0 Å². The lowest BCUT2D eigenvalue weighted by Gasteiger charge is -2.21. The van der Waals surface area contributed by atoms with Gasteiger partial charge in [-0.05, 0) is 73.8 Å². The molecule has 0 saturated carbocycles. The summed E-state index contributed by atoms with van der Waals surface area (Å²) in [5.74, 6) is 2.54. The number of carbonyl (C=O) groups excluding carboxylic acids is 1. The zero-order valence-electron chi connectivity index (χ0n) is 21.2. The smallest absolute Gasteiger partial charge is 0.185 e. The molecule has 0 saturated heterocycles. The number of allylic oxidation sites excluding steroid dienone is 1. The second kappa shape index (κ2) is 17.5. The molecule has 0 aliphatic rings. The number of ether oxygens (including phenoxy) is 1. The number of hydrogen-bond donors (Lipinski definition) is 3. The lowest BCUT2D eigenvalue weighted by molar-refractivity contribution is 0.104. The Bertz CT molecular complexity index is 871. The van der Waals surface area contributed by atoms with Crippen LogP contribution in [0.1, 0.15) is 35.2 Å². The molecule has 0 aromatic heterocycles. The number of ketones is 1. The van der Waals surface area contributed by atoms with Crippen LogP contribution in [-0.4, -0.2) is 75.6 Å². The van der Waals surface area contributed by atoms with Gasteiger partial charge in [-0.25, -0.2) is 0 Å². The number of nitrogens with zero attached hydrogens (tertiary/aromatic N) is 2. The van der Waals surface area contributed by atoms with Crippen LogP contribution in [-0.2, 0) is 0 Å². The topological polar surface area (TPSA) is 44.8 Å². The number of anilines is 1. The molecule has 0 atom stereocenters. The first-order valence-corrected chi connectivity index (χ1v) is 13.7. The van der Waals surface area contributed by atoms with Gasteiger partial charge in [-0.2, -0.15) is 25.3 Å². The van der Waals surface area contributed by atoms with Crippen molar-refractivity contribution in [3.63, 3.8) is 0 Å². The highest BCUT2D eigenvalue weighted by Gasteiger charge is 2.05. The van der Waals surface area contributed by atoms with E-state index in [9.17, 15) is 4.79 Å². The molecule has 0 unspecified atom stereocenters. The fraction of sp³-hybridized carbons (Fsp3) is 0.464. The maximum Gasteiger partial charge on any atom is 0.185 e. The fourth-order valence-corrected chi connectivity index (χ4v) is 4.03. The summed E-state index contributed by atoms with van der Waals surface area (Å²) in [7, 11) is 4.02. The molecule has 0 spiro atoms. The van der Waals surface area contributed by atoms with Gasteiger partial charge in [0.05, 0.1) is 6.61 Å². The molecule has 0 amide bonds. The third-order valence-electron chi connectivity index (χ3n) is 5.67. The van der Waals surface area contributed by atoms with Crippen LogP contribution in [0.3, 0.4) is 0 Å². The fourth-order valence-electron chi connectivity index (χ4n) is 3.59. The number of benzene rings is 2. The van der Waals surface area contributed by atoms with Gasteiger partial charge in [0.2, 0.25) is 0 Å². The molecule has 2 aromatic rings. The van der Waals surface area contributed by atoms with Gasteiger partial charge in [-0.1, -0.05) is 18.2 Å². The van der Waals surface area contributed by atoms with Crippen molar-refractivity contribution < 1.29 is 9.53 Å². The van der Waals surface area contributed by atoms with Crippen molar-refractivity contribution in [1.82, 2.24) is 10.2 Å². The van der Waals surface area contributed by atoms with E-state index in [4.69, 9.17) is 4.74 Å². The van der Waals surface area contributed by atoms with Gasteiger partial charge in [0.1, 0.15) is 5.75 Å². The molecule has 7 heteroatoms. The summed E-state index contributed by atoms with van der Waals surface area (Å²) in [5.41, 5.74) is 2.79. The monoisotopic (exact) mass is 515 g/mol. The third-order valence-corrected chi connectivity index (χ3v) is 6.10. The first-order chi connectivity index (χ1) is 17.0. The summed E-state index contributed by atoms with van der Waals surface area (Å²) >= 11 is 8.60. The Hall–Kier alpha value is -1.93. The minimum atomic E-state index is -0.0141. The number of thiol groups is 2. The van der Waals surface area contributed by atoms with Crippen molar-refractivity contribution in [1.29, 1.82) is 0 Å². The second-order valence-electron chi connectivity index (χ2n) is 8.66. The summed E-state index contributed by atoms with van der Waals surface area (Å²) in [6, 6.07) is 15.5. The zero-order valence-corrected chi connectivity index (χ0v) is 22.9. The molecule has 0 radical (unpaired) electrons. The van der Waals surface area contributed by atoms with Crippen LogP contribution in [0.5, 0.6) is 5.75 Å². The predicted octanol–water partition coefficient (Wildman–Crippen LogP) is 4.95. The zero-order chi connectivity index (χ0) is 25.3. The van der Waals surface area contributed by atoms with E-state index in [-0.39, 0.29) is 5.78 Å². The largest absolute Gasteiger partial charge is 0.494 e. The Labute approximate surface area is 222 Å². The van der Waals surface area contributed by atoms with Gasteiger partial charge in [0.15, 0.2) is 5.78 Å². The number of nitrogens with one attached hydrogen (secondary N) is 1. The van der Waals surface area contributed by atoms with Crippen LogP contribution in [0.4, 0.5) is 5.69 Å². The molecule has 192 valence electrons. The maximum atomic E-state index is 12.5. The highest BCUT2D eigenvalue weighted by atomic mass is 32.1. The summed E-state index contributed by atoms with van der Waals surface area (Å²) in [4.78, 5) is 17.0. The molecule has 1 N–H and O–H groups in total. The van der Waals surface area contributed by atoms with Crippen molar-refractivity contribution >= 4 is 42.8 Å². The first kappa shape index (κ1) is 29.3. The average molecular weight is 516 g/mol. The molecule has 5 nitrogen and oxygen atoms in total. The van der Waals surface area contributed by atoms with Gasteiger partial charge in [-0.3, -0.25) is 4.79 Å². The molecule has 0 aliphatic heterocycles. The number of rotatable bonds is 18. The first-order valence-electron chi connectivity index (χ1n) is 12.4. The predicted molar refractivity (Wildman–Crippen MR) is 157 cm³/mol. The Balaban J connectivity index is 1.67. The summed E-state index contributed by atoms with van der Waals surface area (Å²) in [6.07, 6.45) is 6.77. The van der Waals surface area contributed by atoms with E-state index in [0.29, 0.717) is 12.2 Å². The van der Waals surface area contributed by atoms with Gasteiger partial charge in [-0.15, -0.1) is 0 Å². The van der Waals surface area contributed by atoms with Gasteiger partial charge in [0, 0.05) is 63.0 Å². The van der Waals surface area contributed by atoms with E-state index < -0.39 is 0 Å². The summed E-state index contributed by atoms with van der Waals surface area (Å²) in [5, 5.41) is 3.39. The molecule has 2 aromatic carbocycles. The van der Waals surface area contributed by atoms with Crippen LogP contribution in [0.2, 0.25) is 0 Å². The van der Waals surface area contributed by atoms with E-state index in [0.717, 1.165) is 80.5 Å². The lowest BCUT2D eigenvalue weighted by Crippen LogP contribution is -2.34. The molecule has 0 heterocycles. The number of hydrogen-bond acceptors (Lipinski definition) is 7. The van der Waals surface area contributed by atoms with Crippen molar-refractivity contribution in [3.05, 3.63) is 65.7 Å². The van der Waals surface area contributed by atoms with Crippen LogP contribution in [0.15, 0.2) is 54.6 Å². The molecule has 2 rings (SSSR count). The minimum Gasteiger partial charge on any atom is -0.494 e. The van der Waals surface area contributed by atoms with Crippen LogP contribution >= 0.6 is 25.3 Å². The second-order valence-corrected chi connectivity index (χ2v) is 9.55. The highest BCUT2D eigenvalue weighted by molar-refractivity contribution is 7.80. The van der Waals surface area contributed by atoms with E-state index >= 15 is 0 Å². The van der Waals surface area contributed by atoms with Crippen LogP contribution in [0.25, 0.3) is 6.08 Å². The Morgan fingerprint density at radius 3 is 2.29 bits per heavy atom. The van der Waals surface area contributed by atoms with Crippen LogP contribution in [0, 0.1) is 0 Å². The number of unbranched alkanes of at least 4 members (excludes halogenated alkanes) is 2.